The van der Waals surface area contributed by atoms with Crippen LogP contribution in [0.25, 0.3) is 0 Å². The Bertz CT molecular complexity index is 607. The lowest BCUT2D eigenvalue weighted by Gasteiger charge is -2.01. The zero-order chi connectivity index (χ0) is 13.0. The highest BCUT2D eigenvalue weighted by Gasteiger charge is 2.16. The van der Waals surface area contributed by atoms with Crippen LogP contribution in [0.5, 0.6) is 0 Å². The van der Waals surface area contributed by atoms with Crippen LogP contribution in [0.1, 0.15) is 11.8 Å². The van der Waals surface area contributed by atoms with Crippen molar-refractivity contribution >= 4 is 9.84 Å². The van der Waals surface area contributed by atoms with Crippen molar-refractivity contribution in [3.8, 4) is 0 Å². The lowest BCUT2D eigenvalue weighted by molar-refractivity contribution is 0.455. The molecule has 6 nitrogen and oxygen atoms in total. The number of sulfone groups is 1. The van der Waals surface area contributed by atoms with E-state index >= 15 is 0 Å². The molecule has 0 fully saturated rings. The summed E-state index contributed by atoms with van der Waals surface area (Å²) in [5, 5.41) is 7.39. The average Bonchev–Trinajstić information content (AvgIpc) is 2.86. The van der Waals surface area contributed by atoms with Crippen LogP contribution in [0, 0.1) is 0 Å². The Kier molecular flexibility index (Phi) is 3.73. The molecule has 0 unspecified atom stereocenters. The van der Waals surface area contributed by atoms with E-state index in [0.29, 0.717) is 10.8 Å². The van der Waals surface area contributed by atoms with Gasteiger partial charge in [-0.2, -0.15) is 0 Å². The molecule has 2 N–H and O–H groups in total. The standard InChI is InChI=1S/C11H13N3O3S/c12-8-11-14-13-10(17-11)6-7-18(15,16)9-4-2-1-3-5-9/h1-5H,6-8,12H2. The number of rotatable bonds is 5. The number of aryl methyl sites for hydroxylation is 1. The zero-order valence-corrected chi connectivity index (χ0v) is 10.4. The SMILES string of the molecule is NCc1nnc(CCS(=O)(=O)c2ccccc2)o1. The van der Waals surface area contributed by atoms with Gasteiger partial charge in [0.1, 0.15) is 0 Å². The van der Waals surface area contributed by atoms with E-state index in [2.05, 4.69) is 10.2 Å². The van der Waals surface area contributed by atoms with E-state index in [0.717, 1.165) is 0 Å². The molecule has 0 aliphatic carbocycles. The van der Waals surface area contributed by atoms with Gasteiger partial charge in [0.15, 0.2) is 9.84 Å². The van der Waals surface area contributed by atoms with Crippen molar-refractivity contribution in [1.29, 1.82) is 0 Å². The lowest BCUT2D eigenvalue weighted by atomic mass is 10.4. The second kappa shape index (κ2) is 5.28. The highest BCUT2D eigenvalue weighted by Crippen LogP contribution is 2.12. The minimum absolute atomic E-state index is 0.0663. The fourth-order valence-electron chi connectivity index (χ4n) is 1.44. The Morgan fingerprint density at radius 2 is 1.78 bits per heavy atom. The van der Waals surface area contributed by atoms with Crippen LogP contribution in [0.15, 0.2) is 39.6 Å². The number of hydrogen-bond acceptors (Lipinski definition) is 6. The summed E-state index contributed by atoms with van der Waals surface area (Å²) in [6.45, 7) is 0.151. The zero-order valence-electron chi connectivity index (χ0n) is 9.61. The van der Waals surface area contributed by atoms with E-state index in [4.69, 9.17) is 10.2 Å². The molecule has 7 heteroatoms. The predicted molar refractivity (Wildman–Crippen MR) is 64.4 cm³/mol. The van der Waals surface area contributed by atoms with Gasteiger partial charge in [-0.25, -0.2) is 8.42 Å². The van der Waals surface area contributed by atoms with E-state index < -0.39 is 9.84 Å². The molecule has 0 saturated heterocycles. The minimum Gasteiger partial charge on any atom is -0.424 e. The van der Waals surface area contributed by atoms with Gasteiger partial charge in [-0.3, -0.25) is 0 Å². The summed E-state index contributed by atoms with van der Waals surface area (Å²) in [5.41, 5.74) is 5.32. The molecule has 18 heavy (non-hydrogen) atoms. The third-order valence-corrected chi connectivity index (χ3v) is 4.10. The first kappa shape index (κ1) is 12.7. The van der Waals surface area contributed by atoms with Crippen molar-refractivity contribution in [3.05, 3.63) is 42.1 Å². The van der Waals surface area contributed by atoms with Gasteiger partial charge in [-0.15, -0.1) is 10.2 Å². The number of aromatic nitrogens is 2. The monoisotopic (exact) mass is 267 g/mol. The van der Waals surface area contributed by atoms with Crippen LogP contribution in [0.2, 0.25) is 0 Å². The largest absolute Gasteiger partial charge is 0.424 e. The Hall–Kier alpha value is -1.73. The third-order valence-electron chi connectivity index (χ3n) is 2.37. The molecule has 0 aliphatic heterocycles. The molecular weight excluding hydrogens is 254 g/mol. The first-order chi connectivity index (χ1) is 8.62. The first-order valence-corrected chi connectivity index (χ1v) is 7.06. The Morgan fingerprint density at radius 1 is 1.11 bits per heavy atom. The van der Waals surface area contributed by atoms with E-state index in [1.807, 2.05) is 0 Å². The van der Waals surface area contributed by atoms with Gasteiger partial charge in [0.2, 0.25) is 11.8 Å². The highest BCUT2D eigenvalue weighted by molar-refractivity contribution is 7.91. The van der Waals surface area contributed by atoms with Gasteiger partial charge in [0.05, 0.1) is 17.2 Å². The van der Waals surface area contributed by atoms with Gasteiger partial charge >= 0.3 is 0 Å². The van der Waals surface area contributed by atoms with Crippen molar-refractivity contribution in [3.63, 3.8) is 0 Å². The Morgan fingerprint density at radius 3 is 2.39 bits per heavy atom. The number of hydrogen-bond donors (Lipinski definition) is 1. The maximum Gasteiger partial charge on any atom is 0.230 e. The Labute approximate surface area is 105 Å². The van der Waals surface area contributed by atoms with Crippen LogP contribution in [0.4, 0.5) is 0 Å². The molecule has 1 aromatic heterocycles. The first-order valence-electron chi connectivity index (χ1n) is 5.41. The Balaban J connectivity index is 2.06. The van der Waals surface area contributed by atoms with Gasteiger partial charge in [0, 0.05) is 6.42 Å². The van der Waals surface area contributed by atoms with E-state index in [-0.39, 0.29) is 24.6 Å². The molecule has 0 aliphatic rings. The molecule has 1 aromatic carbocycles. The topological polar surface area (TPSA) is 99.1 Å². The summed E-state index contributed by atoms with van der Waals surface area (Å²) in [6, 6.07) is 8.27. The van der Waals surface area contributed by atoms with Crippen LogP contribution in [0.3, 0.4) is 0 Å². The quantitative estimate of drug-likeness (QED) is 0.849. The molecule has 0 spiro atoms. The fraction of sp³-hybridized carbons (Fsp3) is 0.273. The van der Waals surface area contributed by atoms with Crippen molar-refractivity contribution in [2.75, 3.05) is 5.75 Å². The van der Waals surface area contributed by atoms with Crippen molar-refractivity contribution < 1.29 is 12.8 Å². The number of nitrogens with two attached hydrogens (primary N) is 1. The van der Waals surface area contributed by atoms with E-state index in [1.54, 1.807) is 30.3 Å². The number of nitrogens with zero attached hydrogens (tertiary/aromatic N) is 2. The molecule has 2 rings (SSSR count). The second-order valence-corrected chi connectivity index (χ2v) is 5.78. The molecule has 0 radical (unpaired) electrons. The van der Waals surface area contributed by atoms with Gasteiger partial charge in [-0.05, 0) is 12.1 Å². The highest BCUT2D eigenvalue weighted by atomic mass is 32.2. The van der Waals surface area contributed by atoms with E-state index in [9.17, 15) is 8.42 Å². The van der Waals surface area contributed by atoms with Crippen LogP contribution < -0.4 is 5.73 Å². The summed E-state index contributed by atoms with van der Waals surface area (Å²) in [5.74, 6) is 0.528. The summed E-state index contributed by atoms with van der Waals surface area (Å²) in [6.07, 6.45) is 0.185. The van der Waals surface area contributed by atoms with Crippen molar-refractivity contribution in [2.24, 2.45) is 5.73 Å². The maximum atomic E-state index is 12.0. The summed E-state index contributed by atoms with van der Waals surface area (Å²) in [4.78, 5) is 0.295. The van der Waals surface area contributed by atoms with Crippen LogP contribution in [-0.4, -0.2) is 24.4 Å². The smallest absolute Gasteiger partial charge is 0.230 e. The molecule has 1 heterocycles. The fourth-order valence-corrected chi connectivity index (χ4v) is 2.69. The molecule has 0 saturated carbocycles. The van der Waals surface area contributed by atoms with Crippen molar-refractivity contribution in [1.82, 2.24) is 10.2 Å². The van der Waals surface area contributed by atoms with Crippen LogP contribution in [-0.2, 0) is 22.8 Å². The third kappa shape index (κ3) is 2.93. The molecule has 96 valence electrons. The molecule has 0 amide bonds. The summed E-state index contributed by atoms with van der Waals surface area (Å²) in [7, 11) is -3.31. The van der Waals surface area contributed by atoms with E-state index in [1.165, 1.54) is 0 Å². The summed E-state index contributed by atoms with van der Waals surface area (Å²) < 4.78 is 29.1. The van der Waals surface area contributed by atoms with Crippen LogP contribution >= 0.6 is 0 Å². The predicted octanol–water partition coefficient (Wildman–Crippen LogP) is 0.545. The molecule has 0 atom stereocenters. The normalized spacial score (nSPS) is 11.6. The van der Waals surface area contributed by atoms with Gasteiger partial charge in [-0.1, -0.05) is 18.2 Å². The second-order valence-electron chi connectivity index (χ2n) is 3.68. The average molecular weight is 267 g/mol. The van der Waals surface area contributed by atoms with Crippen molar-refractivity contribution in [2.45, 2.75) is 17.9 Å². The molecule has 2 aromatic rings. The van der Waals surface area contributed by atoms with Gasteiger partial charge in [0.25, 0.3) is 0 Å². The molecular formula is C11H13N3O3S. The number of benzene rings is 1. The van der Waals surface area contributed by atoms with Gasteiger partial charge < -0.3 is 10.2 Å². The minimum atomic E-state index is -3.31. The lowest BCUT2D eigenvalue weighted by Crippen LogP contribution is -2.09. The summed E-state index contributed by atoms with van der Waals surface area (Å²) >= 11 is 0. The molecule has 0 bridgehead atoms. The maximum absolute atomic E-state index is 12.0.